The molecular formula is C44H84O6. The van der Waals surface area contributed by atoms with Crippen molar-refractivity contribution in [1.82, 2.24) is 0 Å². The molecule has 0 saturated heterocycles. The van der Waals surface area contributed by atoms with Crippen LogP contribution in [0, 0.1) is 17.8 Å². The molecule has 0 radical (unpaired) electrons. The van der Waals surface area contributed by atoms with Gasteiger partial charge in [0.15, 0.2) is 6.10 Å². The molecule has 0 aliphatic heterocycles. The molecule has 0 heterocycles. The molecule has 50 heavy (non-hydrogen) atoms. The third-order valence-electron chi connectivity index (χ3n) is 10.0. The molecule has 6 nitrogen and oxygen atoms in total. The average Bonchev–Trinajstić information content (AvgIpc) is 3.08. The Morgan fingerprint density at radius 1 is 0.400 bits per heavy atom. The number of rotatable bonds is 37. The lowest BCUT2D eigenvalue weighted by Gasteiger charge is -2.18. The van der Waals surface area contributed by atoms with Gasteiger partial charge >= 0.3 is 17.9 Å². The van der Waals surface area contributed by atoms with Crippen LogP contribution in [-0.4, -0.2) is 37.2 Å². The van der Waals surface area contributed by atoms with E-state index in [-0.39, 0.29) is 31.1 Å². The van der Waals surface area contributed by atoms with Crippen molar-refractivity contribution < 1.29 is 28.6 Å². The molecule has 0 spiro atoms. The molecule has 0 aromatic rings. The highest BCUT2D eigenvalue weighted by atomic mass is 16.6. The zero-order chi connectivity index (χ0) is 37.1. The van der Waals surface area contributed by atoms with E-state index in [1.54, 1.807) is 0 Å². The molecule has 296 valence electrons. The first-order valence-corrected chi connectivity index (χ1v) is 21.6. The monoisotopic (exact) mass is 709 g/mol. The van der Waals surface area contributed by atoms with Crippen molar-refractivity contribution in [3.8, 4) is 0 Å². The second kappa shape index (κ2) is 35.8. The summed E-state index contributed by atoms with van der Waals surface area (Å²) in [5.41, 5.74) is 0. The van der Waals surface area contributed by atoms with Gasteiger partial charge in [-0.15, -0.1) is 0 Å². The number of unbranched alkanes of at least 4 members (excludes halogenated alkanes) is 19. The molecule has 0 N–H and O–H groups in total. The Morgan fingerprint density at radius 2 is 0.700 bits per heavy atom. The van der Waals surface area contributed by atoms with Crippen molar-refractivity contribution in [3.63, 3.8) is 0 Å². The van der Waals surface area contributed by atoms with Crippen LogP contribution in [0.15, 0.2) is 0 Å². The molecule has 0 bridgehead atoms. The molecule has 0 aromatic heterocycles. The summed E-state index contributed by atoms with van der Waals surface area (Å²) in [5.74, 6) is 1.53. The van der Waals surface area contributed by atoms with Gasteiger partial charge in [-0.1, -0.05) is 189 Å². The minimum Gasteiger partial charge on any atom is -0.462 e. The van der Waals surface area contributed by atoms with E-state index in [4.69, 9.17) is 14.2 Å². The standard InChI is InChI=1S/C44H84O6/c1-7-40(6)32-26-20-16-17-22-28-34-43(46)49-37-41(36-48-42(45)33-27-21-15-11-13-19-25-31-39(4)5)50-44(47)35-29-23-14-10-8-9-12-18-24-30-38(2)3/h38-41H,7-37H2,1-6H3/t40?,41-/m0/s1. The summed E-state index contributed by atoms with van der Waals surface area (Å²) in [6, 6.07) is 0. The number of esters is 3. The van der Waals surface area contributed by atoms with Crippen molar-refractivity contribution in [2.24, 2.45) is 17.8 Å². The second-order valence-corrected chi connectivity index (χ2v) is 16.2. The predicted molar refractivity (Wildman–Crippen MR) is 210 cm³/mol. The van der Waals surface area contributed by atoms with E-state index in [1.807, 2.05) is 0 Å². The number of hydrogen-bond acceptors (Lipinski definition) is 6. The van der Waals surface area contributed by atoms with E-state index in [0.29, 0.717) is 19.3 Å². The Bertz CT molecular complexity index is 778. The summed E-state index contributed by atoms with van der Waals surface area (Å²) in [6.07, 6.45) is 31.0. The number of hydrogen-bond donors (Lipinski definition) is 0. The minimum atomic E-state index is -0.762. The normalized spacial score (nSPS) is 12.7. The van der Waals surface area contributed by atoms with Gasteiger partial charge in [-0.3, -0.25) is 14.4 Å². The number of carbonyl (C=O) groups excluding carboxylic acids is 3. The quantitative estimate of drug-likeness (QED) is 0.0363. The van der Waals surface area contributed by atoms with Gasteiger partial charge < -0.3 is 14.2 Å². The van der Waals surface area contributed by atoms with Crippen molar-refractivity contribution in [2.75, 3.05) is 13.2 Å². The summed E-state index contributed by atoms with van der Waals surface area (Å²) in [5, 5.41) is 0. The molecule has 0 rings (SSSR count). The molecule has 2 atom stereocenters. The summed E-state index contributed by atoms with van der Waals surface area (Å²) in [6.45, 7) is 13.6. The Morgan fingerprint density at radius 3 is 1.04 bits per heavy atom. The van der Waals surface area contributed by atoms with E-state index >= 15 is 0 Å². The Kier molecular flexibility index (Phi) is 34.7. The molecule has 0 saturated carbocycles. The van der Waals surface area contributed by atoms with Gasteiger partial charge in [0.2, 0.25) is 0 Å². The van der Waals surface area contributed by atoms with Crippen LogP contribution in [0.5, 0.6) is 0 Å². The summed E-state index contributed by atoms with van der Waals surface area (Å²) < 4.78 is 16.7. The highest BCUT2D eigenvalue weighted by molar-refractivity contribution is 5.71. The van der Waals surface area contributed by atoms with Crippen molar-refractivity contribution in [2.45, 2.75) is 234 Å². The fourth-order valence-corrected chi connectivity index (χ4v) is 6.32. The highest BCUT2D eigenvalue weighted by Crippen LogP contribution is 2.17. The first-order chi connectivity index (χ1) is 24.1. The molecule has 1 unspecified atom stereocenters. The molecule has 6 heteroatoms. The maximum atomic E-state index is 12.7. The zero-order valence-corrected chi connectivity index (χ0v) is 34.2. The predicted octanol–water partition coefficient (Wildman–Crippen LogP) is 13.3. The summed E-state index contributed by atoms with van der Waals surface area (Å²) in [4.78, 5) is 37.6. The summed E-state index contributed by atoms with van der Waals surface area (Å²) in [7, 11) is 0. The third-order valence-corrected chi connectivity index (χ3v) is 10.0. The van der Waals surface area contributed by atoms with Gasteiger partial charge in [0.25, 0.3) is 0 Å². The van der Waals surface area contributed by atoms with Crippen molar-refractivity contribution in [3.05, 3.63) is 0 Å². The van der Waals surface area contributed by atoms with Gasteiger partial charge in [-0.2, -0.15) is 0 Å². The van der Waals surface area contributed by atoms with Gasteiger partial charge in [-0.25, -0.2) is 0 Å². The molecule has 0 aromatic carbocycles. The Labute approximate surface area is 310 Å². The largest absolute Gasteiger partial charge is 0.462 e. The van der Waals surface area contributed by atoms with E-state index < -0.39 is 6.10 Å². The van der Waals surface area contributed by atoms with Crippen molar-refractivity contribution >= 4 is 17.9 Å². The van der Waals surface area contributed by atoms with Crippen LogP contribution in [0.1, 0.15) is 228 Å². The van der Waals surface area contributed by atoms with Crippen LogP contribution in [0.3, 0.4) is 0 Å². The fourth-order valence-electron chi connectivity index (χ4n) is 6.32. The molecular weight excluding hydrogens is 624 g/mol. The van der Waals surface area contributed by atoms with Crippen LogP contribution in [-0.2, 0) is 28.6 Å². The highest BCUT2D eigenvalue weighted by Gasteiger charge is 2.19. The fraction of sp³-hybridized carbons (Fsp3) is 0.932. The lowest BCUT2D eigenvalue weighted by atomic mass is 10.00. The first kappa shape index (κ1) is 48.4. The van der Waals surface area contributed by atoms with Gasteiger partial charge in [-0.05, 0) is 37.0 Å². The Hall–Kier alpha value is -1.59. The van der Waals surface area contributed by atoms with Crippen LogP contribution in [0.2, 0.25) is 0 Å². The van der Waals surface area contributed by atoms with Gasteiger partial charge in [0.05, 0.1) is 0 Å². The molecule has 0 amide bonds. The lowest BCUT2D eigenvalue weighted by molar-refractivity contribution is -0.167. The lowest BCUT2D eigenvalue weighted by Crippen LogP contribution is -2.30. The van der Waals surface area contributed by atoms with E-state index in [0.717, 1.165) is 75.5 Å². The van der Waals surface area contributed by atoms with Crippen LogP contribution in [0.4, 0.5) is 0 Å². The number of carbonyl (C=O) groups is 3. The smallest absolute Gasteiger partial charge is 0.306 e. The average molecular weight is 709 g/mol. The van der Waals surface area contributed by atoms with Gasteiger partial charge in [0.1, 0.15) is 13.2 Å². The van der Waals surface area contributed by atoms with Gasteiger partial charge in [0, 0.05) is 19.3 Å². The van der Waals surface area contributed by atoms with E-state index in [1.165, 1.54) is 109 Å². The van der Waals surface area contributed by atoms with E-state index in [9.17, 15) is 14.4 Å². The van der Waals surface area contributed by atoms with Crippen LogP contribution < -0.4 is 0 Å². The van der Waals surface area contributed by atoms with Crippen molar-refractivity contribution in [1.29, 1.82) is 0 Å². The molecule has 0 fully saturated rings. The SMILES string of the molecule is CCC(C)CCCCCCCCC(=O)OC[C@H](COC(=O)CCCCCCCCCC(C)C)OC(=O)CCCCCCCCCCCC(C)C. The first-order valence-electron chi connectivity index (χ1n) is 21.6. The topological polar surface area (TPSA) is 78.9 Å². The zero-order valence-electron chi connectivity index (χ0n) is 34.2. The maximum absolute atomic E-state index is 12.7. The number of ether oxygens (including phenoxy) is 3. The maximum Gasteiger partial charge on any atom is 0.306 e. The van der Waals surface area contributed by atoms with E-state index in [2.05, 4.69) is 41.5 Å². The third kappa shape index (κ3) is 36.2. The van der Waals surface area contributed by atoms with Crippen LogP contribution >= 0.6 is 0 Å². The van der Waals surface area contributed by atoms with Crippen LogP contribution in [0.25, 0.3) is 0 Å². The second-order valence-electron chi connectivity index (χ2n) is 16.2. The molecule has 0 aliphatic rings. The Balaban J connectivity index is 4.37. The molecule has 0 aliphatic carbocycles. The summed E-state index contributed by atoms with van der Waals surface area (Å²) >= 11 is 0. The minimum absolute atomic E-state index is 0.0679.